The molecule has 0 heterocycles. The zero-order chi connectivity index (χ0) is 20.7. The molecule has 2 aromatic rings. The van der Waals surface area contributed by atoms with Gasteiger partial charge in [-0.15, -0.1) is 0 Å². The number of carboxylic acids is 1. The molecule has 0 spiro atoms. The molecule has 1 fully saturated rings. The van der Waals surface area contributed by atoms with Crippen LogP contribution in [0, 0.1) is 5.41 Å². The van der Waals surface area contributed by atoms with Crippen molar-refractivity contribution >= 4 is 29.3 Å². The van der Waals surface area contributed by atoms with Gasteiger partial charge in [0, 0.05) is 23.5 Å². The summed E-state index contributed by atoms with van der Waals surface area (Å²) in [5, 5.41) is 17.8. The zero-order valence-corrected chi connectivity index (χ0v) is 16.1. The first-order valence-electron chi connectivity index (χ1n) is 9.73. The Kier molecular flexibility index (Phi) is 6.49. The van der Waals surface area contributed by atoms with Gasteiger partial charge in [-0.3, -0.25) is 9.59 Å². The number of amides is 3. The molecule has 7 heteroatoms. The molecule has 152 valence electrons. The van der Waals surface area contributed by atoms with Crippen LogP contribution in [0.1, 0.15) is 42.5 Å². The highest BCUT2D eigenvalue weighted by Crippen LogP contribution is 2.36. The third-order valence-corrected chi connectivity index (χ3v) is 5.29. The minimum absolute atomic E-state index is 0.126. The van der Waals surface area contributed by atoms with Gasteiger partial charge in [-0.25, -0.2) is 4.79 Å². The number of para-hydroxylation sites is 1. The number of carbonyl (C=O) groups is 3. The third-order valence-electron chi connectivity index (χ3n) is 5.29. The smallest absolute Gasteiger partial charge is 0.323 e. The maximum Gasteiger partial charge on any atom is 0.323 e. The molecule has 1 aliphatic rings. The quantitative estimate of drug-likeness (QED) is 0.591. The van der Waals surface area contributed by atoms with Crippen molar-refractivity contribution in [3.8, 4) is 0 Å². The molecule has 0 atom stereocenters. The number of urea groups is 1. The molecule has 3 amide bonds. The van der Waals surface area contributed by atoms with Crippen molar-refractivity contribution in [1.82, 2.24) is 5.32 Å². The Labute approximate surface area is 169 Å². The molecule has 1 saturated carbocycles. The minimum atomic E-state index is -0.870. The molecule has 1 aliphatic carbocycles. The van der Waals surface area contributed by atoms with Gasteiger partial charge in [-0.05, 0) is 49.2 Å². The first-order valence-corrected chi connectivity index (χ1v) is 9.73. The van der Waals surface area contributed by atoms with Crippen LogP contribution >= 0.6 is 0 Å². The number of anilines is 2. The van der Waals surface area contributed by atoms with Gasteiger partial charge in [-0.2, -0.15) is 0 Å². The van der Waals surface area contributed by atoms with Crippen molar-refractivity contribution in [2.75, 3.05) is 17.2 Å². The van der Waals surface area contributed by atoms with Crippen molar-refractivity contribution in [3.63, 3.8) is 0 Å². The number of hydrogen-bond acceptors (Lipinski definition) is 3. The van der Waals surface area contributed by atoms with Crippen molar-refractivity contribution < 1.29 is 19.5 Å². The predicted octanol–water partition coefficient (Wildman–Crippen LogP) is 4.10. The highest BCUT2D eigenvalue weighted by atomic mass is 16.4. The summed E-state index contributed by atoms with van der Waals surface area (Å²) in [5.41, 5.74) is 0.765. The number of aliphatic carboxylic acids is 1. The summed E-state index contributed by atoms with van der Waals surface area (Å²) in [7, 11) is 0. The van der Waals surface area contributed by atoms with Crippen LogP contribution in [0.2, 0.25) is 0 Å². The van der Waals surface area contributed by atoms with E-state index in [0.717, 1.165) is 19.3 Å². The lowest BCUT2D eigenvalue weighted by Crippen LogP contribution is -2.44. The first kappa shape index (κ1) is 20.4. The van der Waals surface area contributed by atoms with Gasteiger partial charge >= 0.3 is 12.0 Å². The van der Waals surface area contributed by atoms with Gasteiger partial charge in [0.15, 0.2) is 0 Å². The van der Waals surface area contributed by atoms with Gasteiger partial charge in [0.1, 0.15) is 0 Å². The second-order valence-corrected chi connectivity index (χ2v) is 7.35. The maximum atomic E-state index is 12.4. The lowest BCUT2D eigenvalue weighted by Gasteiger charge is -2.33. The largest absolute Gasteiger partial charge is 0.481 e. The average Bonchev–Trinajstić information content (AvgIpc) is 2.74. The Morgan fingerprint density at radius 2 is 1.41 bits per heavy atom. The molecule has 0 saturated heterocycles. The van der Waals surface area contributed by atoms with Crippen molar-refractivity contribution in [2.45, 2.75) is 32.1 Å². The summed E-state index contributed by atoms with van der Waals surface area (Å²) in [5.74, 6) is -1.17. The molecule has 0 unspecified atom stereocenters. The lowest BCUT2D eigenvalue weighted by atomic mass is 9.74. The van der Waals surface area contributed by atoms with E-state index >= 15 is 0 Å². The SMILES string of the molecule is O=C(Nc1ccccc1)Nc1ccc(C(=O)NCC2(C(=O)O)CCCCC2)cc1. The summed E-state index contributed by atoms with van der Waals surface area (Å²) in [6.45, 7) is 0.126. The standard InChI is InChI=1S/C22H25N3O4/c26-19(23-15-22(20(27)28)13-5-2-6-14-22)16-9-11-18(12-10-16)25-21(29)24-17-7-3-1-4-8-17/h1,3-4,7-12H,2,5-6,13-15H2,(H,23,26)(H,27,28)(H2,24,25,29). The van der Waals surface area contributed by atoms with Crippen LogP contribution in [-0.2, 0) is 4.79 Å². The monoisotopic (exact) mass is 395 g/mol. The second kappa shape index (κ2) is 9.23. The van der Waals surface area contributed by atoms with Crippen LogP contribution in [0.3, 0.4) is 0 Å². The number of carbonyl (C=O) groups excluding carboxylic acids is 2. The van der Waals surface area contributed by atoms with Crippen LogP contribution in [0.4, 0.5) is 16.2 Å². The summed E-state index contributed by atoms with van der Waals surface area (Å²) >= 11 is 0. The number of nitrogens with one attached hydrogen (secondary N) is 3. The Bertz CT molecular complexity index is 859. The van der Waals surface area contributed by atoms with E-state index in [2.05, 4.69) is 16.0 Å². The van der Waals surface area contributed by atoms with E-state index in [1.807, 2.05) is 18.2 Å². The van der Waals surface area contributed by atoms with Crippen LogP contribution in [-0.4, -0.2) is 29.6 Å². The molecule has 0 bridgehead atoms. The Balaban J connectivity index is 1.54. The molecule has 4 N–H and O–H groups in total. The van der Waals surface area contributed by atoms with Gasteiger partial charge in [-0.1, -0.05) is 37.5 Å². The number of rotatable bonds is 6. The fourth-order valence-corrected chi connectivity index (χ4v) is 3.57. The van der Waals surface area contributed by atoms with E-state index in [1.165, 1.54) is 0 Å². The highest BCUT2D eigenvalue weighted by molar-refractivity contribution is 6.00. The van der Waals surface area contributed by atoms with Gasteiger partial charge in [0.05, 0.1) is 5.41 Å². The molecule has 0 aliphatic heterocycles. The fourth-order valence-electron chi connectivity index (χ4n) is 3.57. The van der Waals surface area contributed by atoms with E-state index in [9.17, 15) is 19.5 Å². The summed E-state index contributed by atoms with van der Waals surface area (Å²) in [4.78, 5) is 36.1. The van der Waals surface area contributed by atoms with Crippen molar-refractivity contribution in [1.29, 1.82) is 0 Å². The van der Waals surface area contributed by atoms with E-state index < -0.39 is 11.4 Å². The average molecular weight is 395 g/mol. The third kappa shape index (κ3) is 5.34. The summed E-state index contributed by atoms with van der Waals surface area (Å²) in [6.07, 6.45) is 3.94. The molecular weight excluding hydrogens is 370 g/mol. The summed E-state index contributed by atoms with van der Waals surface area (Å²) < 4.78 is 0. The van der Waals surface area contributed by atoms with Crippen molar-refractivity contribution in [2.24, 2.45) is 5.41 Å². The fraction of sp³-hybridized carbons (Fsp3) is 0.318. The second-order valence-electron chi connectivity index (χ2n) is 7.35. The molecule has 0 aromatic heterocycles. The first-order chi connectivity index (χ1) is 14.0. The number of benzene rings is 2. The molecule has 29 heavy (non-hydrogen) atoms. The molecule has 7 nitrogen and oxygen atoms in total. The molecule has 3 rings (SSSR count). The number of hydrogen-bond donors (Lipinski definition) is 4. The topological polar surface area (TPSA) is 108 Å². The Morgan fingerprint density at radius 3 is 2.00 bits per heavy atom. The highest BCUT2D eigenvalue weighted by Gasteiger charge is 2.39. The van der Waals surface area contributed by atoms with Crippen molar-refractivity contribution in [3.05, 3.63) is 60.2 Å². The summed E-state index contributed by atoms with van der Waals surface area (Å²) in [6, 6.07) is 15.2. The van der Waals surface area contributed by atoms with Gasteiger partial charge < -0.3 is 21.1 Å². The van der Waals surface area contributed by atoms with Gasteiger partial charge in [0.2, 0.25) is 0 Å². The van der Waals surface area contributed by atoms with Crippen LogP contribution in [0.25, 0.3) is 0 Å². The normalized spacial score (nSPS) is 15.2. The van der Waals surface area contributed by atoms with E-state index in [4.69, 9.17) is 0 Å². The molecular formula is C22H25N3O4. The molecule has 0 radical (unpaired) electrons. The van der Waals surface area contributed by atoms with Crippen LogP contribution in [0.5, 0.6) is 0 Å². The zero-order valence-electron chi connectivity index (χ0n) is 16.1. The lowest BCUT2D eigenvalue weighted by molar-refractivity contribution is -0.150. The Hall–Kier alpha value is -3.35. The predicted molar refractivity (Wildman–Crippen MR) is 111 cm³/mol. The van der Waals surface area contributed by atoms with Crippen LogP contribution < -0.4 is 16.0 Å². The number of carboxylic acid groups (broad SMARTS) is 1. The van der Waals surface area contributed by atoms with E-state index in [-0.39, 0.29) is 18.5 Å². The van der Waals surface area contributed by atoms with E-state index in [1.54, 1.807) is 36.4 Å². The minimum Gasteiger partial charge on any atom is -0.481 e. The van der Waals surface area contributed by atoms with Crippen LogP contribution in [0.15, 0.2) is 54.6 Å². The Morgan fingerprint density at radius 1 is 0.828 bits per heavy atom. The maximum absolute atomic E-state index is 12.4. The molecule has 2 aromatic carbocycles. The van der Waals surface area contributed by atoms with Gasteiger partial charge in [0.25, 0.3) is 5.91 Å². The van der Waals surface area contributed by atoms with E-state index in [0.29, 0.717) is 29.8 Å².